The molecule has 3 heteroatoms. The van der Waals surface area contributed by atoms with Crippen LogP contribution in [-0.4, -0.2) is 9.55 Å². The molecule has 15 heavy (non-hydrogen) atoms. The predicted octanol–water partition coefficient (Wildman–Crippen LogP) is 0.673. The molecular weight excluding hydrogens is 188 g/mol. The molecule has 0 unspecified atom stereocenters. The molecule has 0 aliphatic heterocycles. The molecule has 82 valence electrons. The van der Waals surface area contributed by atoms with Crippen LogP contribution in [0.25, 0.3) is 12.2 Å². The van der Waals surface area contributed by atoms with Crippen molar-refractivity contribution < 1.29 is 0 Å². The molecule has 1 rings (SSSR count). The summed E-state index contributed by atoms with van der Waals surface area (Å²) in [5.74, 6) is 0. The average Bonchev–Trinajstić information content (AvgIpc) is 2.50. The molecule has 3 nitrogen and oxygen atoms in total. The van der Waals surface area contributed by atoms with E-state index in [2.05, 4.69) is 18.1 Å². The molecule has 0 amide bonds. The van der Waals surface area contributed by atoms with Gasteiger partial charge in [-0.1, -0.05) is 39.2 Å². The second-order valence-electron chi connectivity index (χ2n) is 2.59. The maximum Gasteiger partial charge on any atom is 0.326 e. The first-order chi connectivity index (χ1) is 7.20. The third-order valence-electron chi connectivity index (χ3n) is 1.74. The van der Waals surface area contributed by atoms with Gasteiger partial charge in [0.25, 0.3) is 0 Å². The number of hydrogen-bond donors (Lipinski definition) is 1. The van der Waals surface area contributed by atoms with Crippen LogP contribution in [0.3, 0.4) is 0 Å². The van der Waals surface area contributed by atoms with Crippen LogP contribution in [0.2, 0.25) is 0 Å². The summed E-state index contributed by atoms with van der Waals surface area (Å²) in [6.45, 7) is 11.2. The van der Waals surface area contributed by atoms with E-state index in [0.717, 1.165) is 10.7 Å². The van der Waals surface area contributed by atoms with Crippen LogP contribution in [0.15, 0.2) is 30.1 Å². The number of aromatic nitrogens is 2. The van der Waals surface area contributed by atoms with Gasteiger partial charge in [-0.05, 0) is 12.2 Å². The number of rotatable bonds is 2. The molecule has 0 aliphatic carbocycles. The Labute approximate surface area is 89.8 Å². The summed E-state index contributed by atoms with van der Waals surface area (Å²) in [6.07, 6.45) is 6.79. The van der Waals surface area contributed by atoms with Crippen LogP contribution >= 0.6 is 0 Å². The van der Waals surface area contributed by atoms with Gasteiger partial charge < -0.3 is 4.98 Å². The van der Waals surface area contributed by atoms with Crippen molar-refractivity contribution in [2.75, 3.05) is 0 Å². The Morgan fingerprint density at radius 2 is 1.73 bits per heavy atom. The Hall–Kier alpha value is -1.77. The highest BCUT2D eigenvalue weighted by Crippen LogP contribution is 1.65. The molecule has 0 radical (unpaired) electrons. The minimum Gasteiger partial charge on any atom is -0.306 e. The van der Waals surface area contributed by atoms with Crippen molar-refractivity contribution in [2.45, 2.75) is 13.8 Å². The number of H-pyrrole nitrogens is 1. The molecule has 0 aliphatic rings. The molecule has 0 saturated heterocycles. The van der Waals surface area contributed by atoms with Gasteiger partial charge in [0.1, 0.15) is 0 Å². The maximum absolute atomic E-state index is 11.2. The van der Waals surface area contributed by atoms with Crippen molar-refractivity contribution in [2.24, 2.45) is 7.05 Å². The predicted molar refractivity (Wildman–Crippen MR) is 66.0 cm³/mol. The monoisotopic (exact) mass is 206 g/mol. The second-order valence-corrected chi connectivity index (χ2v) is 2.59. The molecule has 1 aromatic heterocycles. The molecule has 0 fully saturated rings. The number of hydrogen-bond acceptors (Lipinski definition) is 1. The fourth-order valence-electron chi connectivity index (χ4n) is 1.11. The Bertz CT molecular complexity index is 489. The Balaban J connectivity index is 0.000000921. The van der Waals surface area contributed by atoms with Crippen molar-refractivity contribution in [3.05, 3.63) is 46.5 Å². The normalized spacial score (nSPS) is 11.9. The van der Waals surface area contributed by atoms with Gasteiger partial charge in [0.15, 0.2) is 0 Å². The molecule has 0 atom stereocenters. The summed E-state index contributed by atoms with van der Waals surface area (Å²) in [5, 5.41) is 1.56. The van der Waals surface area contributed by atoms with E-state index in [1.807, 2.05) is 13.8 Å². The molecular formula is C12H18N2O. The van der Waals surface area contributed by atoms with Crippen LogP contribution in [0.4, 0.5) is 0 Å². The first-order valence-corrected chi connectivity index (χ1v) is 4.91. The first-order valence-electron chi connectivity index (χ1n) is 4.91. The van der Waals surface area contributed by atoms with E-state index in [1.165, 1.54) is 4.57 Å². The Kier molecular flexibility index (Phi) is 5.86. The molecule has 0 bridgehead atoms. The fraction of sp³-hybridized carbons (Fsp3) is 0.250. The van der Waals surface area contributed by atoms with Crippen LogP contribution in [0, 0.1) is 0 Å². The van der Waals surface area contributed by atoms with E-state index in [-0.39, 0.29) is 5.69 Å². The summed E-state index contributed by atoms with van der Waals surface area (Å²) in [5.41, 5.74) is -0.138. The molecule has 1 heterocycles. The van der Waals surface area contributed by atoms with Gasteiger partial charge in [-0.25, -0.2) is 4.79 Å². The van der Waals surface area contributed by atoms with Gasteiger partial charge in [-0.2, -0.15) is 0 Å². The van der Waals surface area contributed by atoms with E-state index >= 15 is 0 Å². The highest BCUT2D eigenvalue weighted by atomic mass is 16.1. The van der Waals surface area contributed by atoms with Crippen LogP contribution < -0.4 is 16.4 Å². The SMILES string of the molecule is C=C/C=c1/[nH]c(=O)n(C)/c1=C/C=C.CC. The highest BCUT2D eigenvalue weighted by Gasteiger charge is 1.94. The van der Waals surface area contributed by atoms with Crippen LogP contribution in [0.1, 0.15) is 13.8 Å². The topological polar surface area (TPSA) is 37.8 Å². The minimum atomic E-state index is -0.138. The van der Waals surface area contributed by atoms with Crippen molar-refractivity contribution in [1.82, 2.24) is 9.55 Å². The van der Waals surface area contributed by atoms with Gasteiger partial charge in [0.2, 0.25) is 0 Å². The van der Waals surface area contributed by atoms with Crippen LogP contribution in [0.5, 0.6) is 0 Å². The summed E-state index contributed by atoms with van der Waals surface area (Å²) in [4.78, 5) is 13.9. The smallest absolute Gasteiger partial charge is 0.306 e. The molecule has 0 aromatic carbocycles. The lowest BCUT2D eigenvalue weighted by Crippen LogP contribution is -2.29. The Morgan fingerprint density at radius 3 is 2.20 bits per heavy atom. The number of imidazole rings is 1. The number of nitrogens with one attached hydrogen (secondary N) is 1. The fourth-order valence-corrected chi connectivity index (χ4v) is 1.11. The quantitative estimate of drug-likeness (QED) is 0.759. The number of nitrogens with zero attached hydrogens (tertiary/aromatic N) is 1. The maximum atomic E-state index is 11.2. The van der Waals surface area contributed by atoms with E-state index in [9.17, 15) is 4.79 Å². The van der Waals surface area contributed by atoms with Gasteiger partial charge >= 0.3 is 5.69 Å². The lowest BCUT2D eigenvalue weighted by Gasteiger charge is -1.84. The van der Waals surface area contributed by atoms with E-state index in [0.29, 0.717) is 0 Å². The Morgan fingerprint density at radius 1 is 1.20 bits per heavy atom. The number of aromatic amines is 1. The van der Waals surface area contributed by atoms with Crippen molar-refractivity contribution in [3.63, 3.8) is 0 Å². The zero-order valence-electron chi connectivity index (χ0n) is 9.58. The van der Waals surface area contributed by atoms with E-state index in [1.54, 1.807) is 31.4 Å². The van der Waals surface area contributed by atoms with E-state index in [4.69, 9.17) is 0 Å². The average molecular weight is 206 g/mol. The van der Waals surface area contributed by atoms with Gasteiger partial charge in [-0.15, -0.1) is 0 Å². The van der Waals surface area contributed by atoms with E-state index < -0.39 is 0 Å². The lowest BCUT2D eigenvalue weighted by molar-refractivity contribution is 0.836. The standard InChI is InChI=1S/C10H12N2O.C2H6/c1-4-6-8-9(7-5-2)12(3)10(13)11-8;1-2/h4-7H,1-2H2,3H3,(H,11,13);1-2H3/b8-6+,9-7+;. The third kappa shape index (κ3) is 3.13. The zero-order valence-corrected chi connectivity index (χ0v) is 9.58. The summed E-state index contributed by atoms with van der Waals surface area (Å²) in [7, 11) is 1.70. The minimum absolute atomic E-state index is 0.138. The first kappa shape index (κ1) is 13.2. The van der Waals surface area contributed by atoms with Gasteiger partial charge in [-0.3, -0.25) is 4.57 Å². The largest absolute Gasteiger partial charge is 0.326 e. The third-order valence-corrected chi connectivity index (χ3v) is 1.74. The molecule has 0 spiro atoms. The van der Waals surface area contributed by atoms with Gasteiger partial charge in [0.05, 0.1) is 10.7 Å². The van der Waals surface area contributed by atoms with Crippen LogP contribution in [-0.2, 0) is 7.05 Å². The second kappa shape index (κ2) is 6.65. The van der Waals surface area contributed by atoms with Gasteiger partial charge in [0, 0.05) is 7.05 Å². The summed E-state index contributed by atoms with van der Waals surface area (Å²) < 4.78 is 1.52. The lowest BCUT2D eigenvalue weighted by atomic mass is 10.4. The number of allylic oxidation sites excluding steroid dienone is 2. The zero-order chi connectivity index (χ0) is 11.8. The van der Waals surface area contributed by atoms with Crippen molar-refractivity contribution in [3.8, 4) is 0 Å². The molecule has 0 saturated carbocycles. The van der Waals surface area contributed by atoms with Crippen molar-refractivity contribution >= 4 is 12.2 Å². The van der Waals surface area contributed by atoms with Crippen molar-refractivity contribution in [1.29, 1.82) is 0 Å². The summed E-state index contributed by atoms with van der Waals surface area (Å²) in [6, 6.07) is 0. The highest BCUT2D eigenvalue weighted by molar-refractivity contribution is 5.38. The summed E-state index contributed by atoms with van der Waals surface area (Å²) >= 11 is 0. The molecule has 1 N–H and O–H groups in total. The molecule has 1 aromatic rings.